The molecular weight excluding hydrogens is 748 g/mol. The summed E-state index contributed by atoms with van der Waals surface area (Å²) in [4.78, 5) is 60.8. The Hall–Kier alpha value is -3.40. The first-order valence-corrected chi connectivity index (χ1v) is 18.0. The molecule has 3 fully saturated rings. The minimum absolute atomic E-state index is 0.130. The first-order valence-electron chi connectivity index (χ1n) is 15.8. The number of esters is 1. The van der Waals surface area contributed by atoms with E-state index in [0.717, 1.165) is 6.42 Å². The Labute approximate surface area is 294 Å². The average molecular weight is 779 g/mol. The lowest BCUT2D eigenvalue weighted by molar-refractivity contribution is -0.123. The zero-order valence-corrected chi connectivity index (χ0v) is 29.6. The van der Waals surface area contributed by atoms with E-state index < -0.39 is 12.1 Å². The molecule has 2 amide bonds. The zero-order chi connectivity index (χ0) is 33.1. The van der Waals surface area contributed by atoms with Crippen molar-refractivity contribution in [1.82, 2.24) is 4.98 Å². The van der Waals surface area contributed by atoms with Gasteiger partial charge in [0.15, 0.2) is 6.10 Å². The van der Waals surface area contributed by atoms with Crippen LogP contribution in [0.25, 0.3) is 22.2 Å². The number of ketones is 1. The number of amides is 2. The van der Waals surface area contributed by atoms with Crippen LogP contribution in [0.15, 0.2) is 72.8 Å². The fraction of sp³-hybridized carbons (Fsp3) is 0.324. The van der Waals surface area contributed by atoms with Gasteiger partial charge in [-0.2, -0.15) is 0 Å². The largest absolute Gasteiger partial charge is 0.450 e. The molecule has 7 nitrogen and oxygen atoms in total. The number of hydrogen-bond donors (Lipinski definition) is 0. The molecule has 3 aromatic carbocycles. The number of Topliss-reactive ketones (excluding diaryl/α,β-unsaturated/α-hetero) is 1. The number of ether oxygens (including phenoxy) is 1. The van der Waals surface area contributed by atoms with Crippen molar-refractivity contribution in [3.63, 3.8) is 0 Å². The van der Waals surface area contributed by atoms with Gasteiger partial charge in [-0.05, 0) is 61.4 Å². The number of fused-ring (bicyclic) bond motifs is 6. The van der Waals surface area contributed by atoms with Crippen LogP contribution in [0.4, 0.5) is 5.69 Å². The predicted octanol–water partition coefficient (Wildman–Crippen LogP) is 8.35. The topological polar surface area (TPSA) is 93.6 Å². The lowest BCUT2D eigenvalue weighted by atomic mass is 9.81. The molecular formula is C37H31Br2ClN2O5. The fourth-order valence-corrected chi connectivity index (χ4v) is 9.62. The molecule has 47 heavy (non-hydrogen) atoms. The minimum atomic E-state index is -0.945. The third-order valence-corrected chi connectivity index (χ3v) is 13.6. The van der Waals surface area contributed by atoms with Crippen LogP contribution in [0.1, 0.15) is 52.5 Å². The summed E-state index contributed by atoms with van der Waals surface area (Å²) in [6.07, 6.45) is 0.954. The van der Waals surface area contributed by atoms with Crippen molar-refractivity contribution < 1.29 is 23.9 Å². The average Bonchev–Trinajstić information content (AvgIpc) is 3.70. The van der Waals surface area contributed by atoms with Crippen LogP contribution in [0.5, 0.6) is 0 Å². The van der Waals surface area contributed by atoms with E-state index >= 15 is 0 Å². The van der Waals surface area contributed by atoms with Gasteiger partial charge in [-0.25, -0.2) is 9.78 Å². The highest BCUT2D eigenvalue weighted by atomic mass is 79.9. The number of aromatic nitrogens is 1. The molecule has 240 valence electrons. The van der Waals surface area contributed by atoms with E-state index in [1.54, 1.807) is 66.7 Å². The van der Waals surface area contributed by atoms with Crippen LogP contribution in [0, 0.1) is 30.6 Å². The second-order valence-electron chi connectivity index (χ2n) is 12.6. The highest BCUT2D eigenvalue weighted by molar-refractivity contribution is 9.12. The molecule has 2 aliphatic carbocycles. The third kappa shape index (κ3) is 5.35. The first-order chi connectivity index (χ1) is 22.6. The highest BCUT2D eigenvalue weighted by Gasteiger charge is 2.66. The number of halogens is 3. The van der Waals surface area contributed by atoms with E-state index in [1.165, 1.54) is 4.90 Å². The number of carbonyl (C=O) groups excluding carboxylic acids is 4. The summed E-state index contributed by atoms with van der Waals surface area (Å²) < 4.78 is 5.91. The Morgan fingerprint density at radius 2 is 1.60 bits per heavy atom. The van der Waals surface area contributed by atoms with E-state index in [4.69, 9.17) is 21.3 Å². The zero-order valence-electron chi connectivity index (χ0n) is 25.7. The second kappa shape index (κ2) is 12.6. The highest BCUT2D eigenvalue weighted by Crippen LogP contribution is 2.60. The van der Waals surface area contributed by atoms with Gasteiger partial charge >= 0.3 is 5.97 Å². The third-order valence-electron chi connectivity index (χ3n) is 9.95. The molecule has 0 radical (unpaired) electrons. The van der Waals surface area contributed by atoms with E-state index in [9.17, 15) is 19.2 Å². The van der Waals surface area contributed by atoms with E-state index in [1.807, 2.05) is 19.9 Å². The maximum Gasteiger partial charge on any atom is 0.339 e. The Morgan fingerprint density at radius 1 is 0.957 bits per heavy atom. The molecule has 2 heterocycles. The van der Waals surface area contributed by atoms with Crippen molar-refractivity contribution >= 4 is 83.6 Å². The van der Waals surface area contributed by atoms with Crippen LogP contribution in [0.3, 0.4) is 0 Å². The number of pyridine rings is 1. The van der Waals surface area contributed by atoms with Crippen molar-refractivity contribution in [1.29, 1.82) is 0 Å². The summed E-state index contributed by atoms with van der Waals surface area (Å²) in [5, 5.41) is 1.06. The number of carbonyl (C=O) groups is 4. The van der Waals surface area contributed by atoms with Gasteiger partial charge in [0.25, 0.3) is 0 Å². The van der Waals surface area contributed by atoms with Crippen LogP contribution in [-0.4, -0.2) is 44.3 Å². The van der Waals surface area contributed by atoms with Gasteiger partial charge in [0.05, 0.1) is 34.3 Å². The van der Waals surface area contributed by atoms with E-state index in [2.05, 4.69) is 31.9 Å². The number of alkyl halides is 2. The molecule has 1 aromatic heterocycles. The Balaban J connectivity index is 1.21. The molecule has 3 aliphatic rings. The summed E-state index contributed by atoms with van der Waals surface area (Å²) >= 11 is 14.0. The number of benzene rings is 3. The van der Waals surface area contributed by atoms with Crippen LogP contribution >= 0.6 is 43.5 Å². The quantitative estimate of drug-likeness (QED) is 0.0773. The SMILES string of the molecule is CCCC(OC(=O)c1cc(-c2ccc(N3C(=O)C4C5CC(C(Br)C5Br)C4C3=O)cc2)nc2c(C)c(Cl)ccc12)C(=O)c1ccccc1. The number of nitrogens with zero attached hydrogens (tertiary/aromatic N) is 2. The number of rotatable bonds is 8. The molecule has 4 aromatic rings. The maximum absolute atomic E-state index is 13.8. The predicted molar refractivity (Wildman–Crippen MR) is 188 cm³/mol. The monoisotopic (exact) mass is 776 g/mol. The normalized spacial score (nSPS) is 25.3. The summed E-state index contributed by atoms with van der Waals surface area (Å²) in [5.41, 5.74) is 3.65. The van der Waals surface area contributed by atoms with E-state index in [0.29, 0.717) is 56.8 Å². The molecule has 1 saturated heterocycles. The Bertz CT molecular complexity index is 1900. The molecule has 7 rings (SSSR count). The van der Waals surface area contributed by atoms with Crippen molar-refractivity contribution in [3.8, 4) is 11.3 Å². The van der Waals surface area contributed by atoms with Gasteiger partial charge in [-0.15, -0.1) is 0 Å². The molecule has 0 N–H and O–H groups in total. The molecule has 2 bridgehead atoms. The lowest BCUT2D eigenvalue weighted by Gasteiger charge is -2.28. The standard InChI is InChI=1S/C37H31Br2ClN2O5/c1-3-7-28(34(43)20-8-5-4-6-9-20)47-37(46)23-17-27(41-33-18(2)26(40)15-14-22(23)33)19-10-12-21(13-11-19)42-35(44)29-24-16-25(30(29)36(42)45)32(39)31(24)38/h4-6,8-15,17,24-25,28-32H,3,7,16H2,1-2H3. The van der Waals surface area contributed by atoms with Crippen molar-refractivity contribution in [2.75, 3.05) is 4.90 Å². The molecule has 2 saturated carbocycles. The number of hydrogen-bond acceptors (Lipinski definition) is 6. The minimum Gasteiger partial charge on any atom is -0.450 e. The summed E-state index contributed by atoms with van der Waals surface area (Å²) in [5.74, 6) is -1.53. The second-order valence-corrected chi connectivity index (χ2v) is 15.1. The number of aryl methyl sites for hydroxylation is 1. The molecule has 10 heteroatoms. The first kappa shape index (κ1) is 32.2. The molecule has 0 spiro atoms. The van der Waals surface area contributed by atoms with Gasteiger partial charge in [0.2, 0.25) is 17.6 Å². The van der Waals surface area contributed by atoms with Gasteiger partial charge < -0.3 is 4.74 Å². The van der Waals surface area contributed by atoms with Gasteiger partial charge in [-0.3, -0.25) is 19.3 Å². The Kier molecular flexibility index (Phi) is 8.60. The van der Waals surface area contributed by atoms with Crippen LogP contribution < -0.4 is 4.90 Å². The maximum atomic E-state index is 13.8. The van der Waals surface area contributed by atoms with Crippen molar-refractivity contribution in [3.05, 3.63) is 94.5 Å². The van der Waals surface area contributed by atoms with Crippen LogP contribution in [-0.2, 0) is 14.3 Å². The lowest BCUT2D eigenvalue weighted by Crippen LogP contribution is -2.37. The van der Waals surface area contributed by atoms with Gasteiger partial charge in [0.1, 0.15) is 0 Å². The Morgan fingerprint density at radius 3 is 2.21 bits per heavy atom. The smallest absolute Gasteiger partial charge is 0.339 e. The fourth-order valence-electron chi connectivity index (χ4n) is 7.59. The molecule has 7 atom stereocenters. The van der Waals surface area contributed by atoms with Crippen molar-refractivity contribution in [2.45, 2.75) is 48.9 Å². The number of imide groups is 1. The van der Waals surface area contributed by atoms with Crippen molar-refractivity contribution in [2.24, 2.45) is 23.7 Å². The van der Waals surface area contributed by atoms with E-state index in [-0.39, 0.29) is 56.5 Å². The number of anilines is 1. The van der Waals surface area contributed by atoms with Crippen LogP contribution in [0.2, 0.25) is 5.02 Å². The van der Waals surface area contributed by atoms with Gasteiger partial charge in [-0.1, -0.05) is 105 Å². The molecule has 7 unspecified atom stereocenters. The summed E-state index contributed by atoms with van der Waals surface area (Å²) in [6, 6.07) is 21.0. The summed E-state index contributed by atoms with van der Waals surface area (Å²) in [6.45, 7) is 3.77. The summed E-state index contributed by atoms with van der Waals surface area (Å²) in [7, 11) is 0. The van der Waals surface area contributed by atoms with Gasteiger partial charge in [0, 0.05) is 31.2 Å². The molecule has 1 aliphatic heterocycles.